The minimum absolute atomic E-state index is 0.164. The van der Waals surface area contributed by atoms with E-state index in [0.717, 1.165) is 13.1 Å². The van der Waals surface area contributed by atoms with Gasteiger partial charge >= 0.3 is 0 Å². The number of aryl methyl sites for hydroxylation is 1. The van der Waals surface area contributed by atoms with Crippen LogP contribution in [0, 0.1) is 28.9 Å². The molecule has 0 bridgehead atoms. The van der Waals surface area contributed by atoms with Gasteiger partial charge in [-0.25, -0.2) is 8.42 Å². The molecule has 2 aliphatic rings. The van der Waals surface area contributed by atoms with Crippen molar-refractivity contribution in [3.63, 3.8) is 0 Å². The maximum Gasteiger partial charge on any atom is 0.289 e. The number of benzene rings is 1. The molecule has 2 atom stereocenters. The number of fused-ring (bicyclic) bond motifs is 1. The molecule has 3 rings (SSSR count). The van der Waals surface area contributed by atoms with E-state index in [2.05, 4.69) is 5.32 Å². The summed E-state index contributed by atoms with van der Waals surface area (Å²) in [5.41, 5.74) is 0.0737. The average Bonchev–Trinajstić information content (AvgIpc) is 2.98. The molecule has 0 radical (unpaired) electrons. The summed E-state index contributed by atoms with van der Waals surface area (Å²) >= 11 is 0. The number of hydrogen-bond acceptors (Lipinski definition) is 5. The molecule has 1 aromatic rings. The van der Waals surface area contributed by atoms with Crippen LogP contribution in [-0.4, -0.2) is 43.8 Å². The van der Waals surface area contributed by atoms with Crippen LogP contribution in [-0.2, 0) is 10.0 Å². The van der Waals surface area contributed by atoms with E-state index in [1.54, 1.807) is 13.0 Å². The molecule has 2 aliphatic heterocycles. The maximum absolute atomic E-state index is 12.8. The smallest absolute Gasteiger partial charge is 0.289 e. The second kappa shape index (κ2) is 5.04. The Morgan fingerprint density at radius 3 is 2.48 bits per heavy atom. The van der Waals surface area contributed by atoms with Gasteiger partial charge in [-0.05, 0) is 37.4 Å². The third kappa shape index (κ3) is 2.33. The highest BCUT2D eigenvalue weighted by molar-refractivity contribution is 7.89. The fourth-order valence-electron chi connectivity index (χ4n) is 3.25. The lowest BCUT2D eigenvalue weighted by Crippen LogP contribution is -2.32. The second-order valence-corrected chi connectivity index (χ2v) is 7.56. The van der Waals surface area contributed by atoms with E-state index in [-0.39, 0.29) is 10.6 Å². The van der Waals surface area contributed by atoms with Gasteiger partial charge in [-0.3, -0.25) is 10.1 Å². The summed E-state index contributed by atoms with van der Waals surface area (Å²) in [6.07, 6.45) is 0. The van der Waals surface area contributed by atoms with Crippen molar-refractivity contribution in [2.24, 2.45) is 11.8 Å². The van der Waals surface area contributed by atoms with E-state index in [0.29, 0.717) is 30.5 Å². The fourth-order valence-corrected chi connectivity index (χ4v) is 5.17. The maximum atomic E-state index is 12.8. The Balaban J connectivity index is 2.02. The van der Waals surface area contributed by atoms with E-state index in [1.807, 2.05) is 0 Å². The highest BCUT2D eigenvalue weighted by Gasteiger charge is 2.43. The summed E-state index contributed by atoms with van der Waals surface area (Å²) in [4.78, 5) is 10.4. The molecule has 0 amide bonds. The zero-order valence-corrected chi connectivity index (χ0v) is 12.5. The molecular weight excluding hydrogens is 294 g/mol. The van der Waals surface area contributed by atoms with Crippen LogP contribution in [0.1, 0.15) is 5.56 Å². The molecule has 0 aliphatic carbocycles. The molecule has 0 aromatic heterocycles. The van der Waals surface area contributed by atoms with E-state index >= 15 is 0 Å². The standard InChI is InChI=1S/C13H17N3O4S/c1-9-3-2-4-12(16(17)18)13(9)21(19,20)15-7-10-5-14-6-11(10)8-15/h2-4,10-11,14H,5-8H2,1H3/t10-,11+. The third-order valence-corrected chi connectivity index (χ3v) is 6.37. The van der Waals surface area contributed by atoms with Gasteiger partial charge in [0.05, 0.1) is 4.92 Å². The SMILES string of the molecule is Cc1cccc([N+](=O)[O-])c1S(=O)(=O)N1C[C@H]2CNC[C@H]2C1. The highest BCUT2D eigenvalue weighted by atomic mass is 32.2. The predicted molar refractivity (Wildman–Crippen MR) is 76.4 cm³/mol. The van der Waals surface area contributed by atoms with Crippen LogP contribution < -0.4 is 5.32 Å². The number of nitrogens with zero attached hydrogens (tertiary/aromatic N) is 2. The van der Waals surface area contributed by atoms with Crippen molar-refractivity contribution < 1.29 is 13.3 Å². The molecule has 2 saturated heterocycles. The molecule has 0 unspecified atom stereocenters. The van der Waals surface area contributed by atoms with Gasteiger partial charge in [0.15, 0.2) is 4.90 Å². The summed E-state index contributed by atoms with van der Waals surface area (Å²) < 4.78 is 27.0. The lowest BCUT2D eigenvalue weighted by molar-refractivity contribution is -0.387. The second-order valence-electron chi connectivity index (χ2n) is 5.68. The monoisotopic (exact) mass is 311 g/mol. The normalized spacial score (nSPS) is 26.0. The van der Waals surface area contributed by atoms with Gasteiger partial charge in [0, 0.05) is 19.2 Å². The van der Waals surface area contributed by atoms with Crippen LogP contribution in [0.5, 0.6) is 0 Å². The largest absolute Gasteiger partial charge is 0.316 e. The van der Waals surface area contributed by atoms with E-state index < -0.39 is 14.9 Å². The molecule has 2 heterocycles. The minimum atomic E-state index is -3.82. The molecule has 7 nitrogen and oxygen atoms in total. The Morgan fingerprint density at radius 1 is 1.29 bits per heavy atom. The Morgan fingerprint density at radius 2 is 1.90 bits per heavy atom. The van der Waals surface area contributed by atoms with Gasteiger partial charge in [0.25, 0.3) is 5.69 Å². The average molecular weight is 311 g/mol. The van der Waals surface area contributed by atoms with E-state index in [1.165, 1.54) is 16.4 Å². The Bertz CT molecular complexity index is 677. The minimum Gasteiger partial charge on any atom is -0.316 e. The first-order chi connectivity index (χ1) is 9.91. The summed E-state index contributed by atoms with van der Waals surface area (Å²) in [5, 5.41) is 14.4. The molecule has 1 aromatic carbocycles. The summed E-state index contributed by atoms with van der Waals surface area (Å²) in [7, 11) is -3.82. The van der Waals surface area contributed by atoms with E-state index in [4.69, 9.17) is 0 Å². The van der Waals surface area contributed by atoms with Gasteiger partial charge in [-0.15, -0.1) is 0 Å². The van der Waals surface area contributed by atoms with Gasteiger partial charge in [-0.1, -0.05) is 12.1 Å². The number of nitrogens with one attached hydrogen (secondary N) is 1. The zero-order chi connectivity index (χ0) is 15.2. The van der Waals surface area contributed by atoms with Crippen molar-refractivity contribution in [1.82, 2.24) is 9.62 Å². The lowest BCUT2D eigenvalue weighted by Gasteiger charge is -2.18. The van der Waals surface area contributed by atoms with Crippen molar-refractivity contribution >= 4 is 15.7 Å². The summed E-state index contributed by atoms with van der Waals surface area (Å²) in [6, 6.07) is 4.35. The van der Waals surface area contributed by atoms with Gasteiger partial charge in [-0.2, -0.15) is 4.31 Å². The van der Waals surface area contributed by atoms with Crippen LogP contribution in [0.3, 0.4) is 0 Å². The van der Waals surface area contributed by atoms with Crippen LogP contribution >= 0.6 is 0 Å². The van der Waals surface area contributed by atoms with Crippen molar-refractivity contribution in [2.75, 3.05) is 26.2 Å². The molecule has 2 fully saturated rings. The molecular formula is C13H17N3O4S. The quantitative estimate of drug-likeness (QED) is 0.656. The lowest BCUT2D eigenvalue weighted by atomic mass is 10.0. The molecule has 0 saturated carbocycles. The van der Waals surface area contributed by atoms with Crippen molar-refractivity contribution in [1.29, 1.82) is 0 Å². The van der Waals surface area contributed by atoms with Crippen LogP contribution in [0.2, 0.25) is 0 Å². The molecule has 8 heteroatoms. The van der Waals surface area contributed by atoms with Gasteiger partial charge < -0.3 is 5.32 Å². The predicted octanol–water partition coefficient (Wildman–Crippen LogP) is 0.743. The first kappa shape index (κ1) is 14.4. The molecule has 0 spiro atoms. The van der Waals surface area contributed by atoms with Crippen molar-refractivity contribution in [2.45, 2.75) is 11.8 Å². The van der Waals surface area contributed by atoms with Crippen molar-refractivity contribution in [3.05, 3.63) is 33.9 Å². The molecule has 1 N–H and O–H groups in total. The molecule has 21 heavy (non-hydrogen) atoms. The van der Waals surface area contributed by atoms with Crippen LogP contribution in [0.25, 0.3) is 0 Å². The zero-order valence-electron chi connectivity index (χ0n) is 11.7. The number of hydrogen-bond donors (Lipinski definition) is 1. The number of sulfonamides is 1. The van der Waals surface area contributed by atoms with Gasteiger partial charge in [0.1, 0.15) is 0 Å². The van der Waals surface area contributed by atoms with Gasteiger partial charge in [0.2, 0.25) is 10.0 Å². The first-order valence-corrected chi connectivity index (χ1v) is 8.30. The highest BCUT2D eigenvalue weighted by Crippen LogP contribution is 2.35. The Kier molecular flexibility index (Phi) is 3.46. The Hall–Kier alpha value is -1.51. The number of nitro groups is 1. The fraction of sp³-hybridized carbons (Fsp3) is 0.538. The summed E-state index contributed by atoms with van der Waals surface area (Å²) in [5.74, 6) is 0.616. The number of rotatable bonds is 3. The topological polar surface area (TPSA) is 92.5 Å². The Labute approximate surface area is 123 Å². The van der Waals surface area contributed by atoms with E-state index in [9.17, 15) is 18.5 Å². The summed E-state index contributed by atoms with van der Waals surface area (Å²) in [6.45, 7) is 4.09. The van der Waals surface area contributed by atoms with Crippen LogP contribution in [0.15, 0.2) is 23.1 Å². The third-order valence-electron chi connectivity index (χ3n) is 4.34. The van der Waals surface area contributed by atoms with Crippen molar-refractivity contribution in [3.8, 4) is 0 Å². The van der Waals surface area contributed by atoms with Crippen LogP contribution in [0.4, 0.5) is 5.69 Å². The number of nitro benzene ring substituents is 1. The molecule has 114 valence electrons. The first-order valence-electron chi connectivity index (χ1n) is 6.86.